The van der Waals surface area contributed by atoms with Crippen LogP contribution in [0, 0.1) is 0 Å². The van der Waals surface area contributed by atoms with E-state index < -0.39 is 12.0 Å². The Balaban J connectivity index is 2.45. The van der Waals surface area contributed by atoms with Crippen LogP contribution in [-0.4, -0.2) is 41.3 Å². The number of rotatable bonds is 6. The topological polar surface area (TPSA) is 101 Å². The Morgan fingerprint density at radius 1 is 1.47 bits per heavy atom. The van der Waals surface area contributed by atoms with Gasteiger partial charge in [-0.15, -0.1) is 0 Å². The molecule has 0 fully saturated rings. The first-order valence-corrected chi connectivity index (χ1v) is 5.87. The number of carboxylic acids is 1. The van der Waals surface area contributed by atoms with Crippen LogP contribution in [0.25, 0.3) is 0 Å². The predicted molar refractivity (Wildman–Crippen MR) is 69.3 cm³/mol. The number of carbonyl (C=O) groups excluding carboxylic acids is 1. The number of urea groups is 1. The first-order chi connectivity index (χ1) is 9.02. The minimum Gasteiger partial charge on any atom is -0.477 e. The zero-order chi connectivity index (χ0) is 14.3. The minimum atomic E-state index is -1.11. The lowest BCUT2D eigenvalue weighted by molar-refractivity contribution is 0.0690. The number of anilines is 1. The highest BCUT2D eigenvalue weighted by molar-refractivity contribution is 5.90. The first kappa shape index (κ1) is 14.9. The van der Waals surface area contributed by atoms with Crippen LogP contribution in [0.2, 0.25) is 0 Å². The molecule has 1 heterocycles. The van der Waals surface area contributed by atoms with Crippen molar-refractivity contribution in [2.24, 2.45) is 0 Å². The van der Waals surface area contributed by atoms with Crippen molar-refractivity contribution >= 4 is 17.7 Å². The number of nitrogens with one attached hydrogen (secondary N) is 2. The number of ether oxygens (including phenoxy) is 1. The zero-order valence-corrected chi connectivity index (χ0v) is 10.8. The summed E-state index contributed by atoms with van der Waals surface area (Å²) in [5.74, 6) is -1.11. The van der Waals surface area contributed by atoms with Crippen LogP contribution in [0.3, 0.4) is 0 Å². The van der Waals surface area contributed by atoms with Gasteiger partial charge in [-0.3, -0.25) is 0 Å². The number of hydrogen-bond acceptors (Lipinski definition) is 4. The highest BCUT2D eigenvalue weighted by Gasteiger charge is 2.08. The number of carboxylic acid groups (broad SMARTS) is 1. The van der Waals surface area contributed by atoms with Gasteiger partial charge in [0.2, 0.25) is 0 Å². The van der Waals surface area contributed by atoms with Crippen LogP contribution in [-0.2, 0) is 4.74 Å². The third kappa shape index (κ3) is 5.35. The van der Waals surface area contributed by atoms with Gasteiger partial charge >= 0.3 is 12.0 Å². The number of aromatic nitrogens is 1. The molecular weight excluding hydrogens is 250 g/mol. The van der Waals surface area contributed by atoms with Crippen molar-refractivity contribution in [2.45, 2.75) is 19.9 Å². The molecule has 0 aliphatic heterocycles. The molecule has 19 heavy (non-hydrogen) atoms. The van der Waals surface area contributed by atoms with E-state index in [-0.39, 0.29) is 11.7 Å². The van der Waals surface area contributed by atoms with Gasteiger partial charge in [-0.1, -0.05) is 0 Å². The number of pyridine rings is 1. The summed E-state index contributed by atoms with van der Waals surface area (Å²) in [5, 5.41) is 13.9. The van der Waals surface area contributed by atoms with Gasteiger partial charge in [0.05, 0.1) is 24.5 Å². The van der Waals surface area contributed by atoms with E-state index in [4.69, 9.17) is 9.84 Å². The fourth-order valence-electron chi connectivity index (χ4n) is 1.32. The molecule has 1 aromatic heterocycles. The van der Waals surface area contributed by atoms with Crippen LogP contribution in [0.5, 0.6) is 0 Å². The summed E-state index contributed by atoms with van der Waals surface area (Å²) < 4.78 is 5.17. The average molecular weight is 267 g/mol. The van der Waals surface area contributed by atoms with Crippen LogP contribution >= 0.6 is 0 Å². The Hall–Kier alpha value is -2.15. The second-order valence-corrected chi connectivity index (χ2v) is 3.90. The van der Waals surface area contributed by atoms with E-state index in [0.29, 0.717) is 18.9 Å². The monoisotopic (exact) mass is 267 g/mol. The van der Waals surface area contributed by atoms with E-state index in [1.807, 2.05) is 13.8 Å². The van der Waals surface area contributed by atoms with E-state index >= 15 is 0 Å². The zero-order valence-electron chi connectivity index (χ0n) is 10.8. The second kappa shape index (κ2) is 7.32. The van der Waals surface area contributed by atoms with E-state index in [0.717, 1.165) is 0 Å². The molecule has 104 valence electrons. The van der Waals surface area contributed by atoms with Crippen molar-refractivity contribution in [1.82, 2.24) is 10.3 Å². The molecule has 3 N–H and O–H groups in total. The van der Waals surface area contributed by atoms with Crippen LogP contribution in [0.4, 0.5) is 10.5 Å². The molecule has 7 nitrogen and oxygen atoms in total. The van der Waals surface area contributed by atoms with Crippen LogP contribution in [0.1, 0.15) is 24.3 Å². The summed E-state index contributed by atoms with van der Waals surface area (Å²) in [6.45, 7) is 4.72. The Kier molecular flexibility index (Phi) is 5.74. The third-order valence-corrected chi connectivity index (χ3v) is 2.19. The standard InChI is InChI=1S/C12H17N3O4/c1-3-19-7-8(2)14-12(18)15-9-4-5-10(11(16)17)13-6-9/h4-6,8H,3,7H2,1-2H3,(H,16,17)(H2,14,15,18). The molecule has 0 aromatic carbocycles. The molecule has 0 radical (unpaired) electrons. The highest BCUT2D eigenvalue weighted by atomic mass is 16.5. The molecule has 1 rings (SSSR count). The molecule has 2 amide bonds. The normalized spacial score (nSPS) is 11.7. The van der Waals surface area contributed by atoms with E-state index in [9.17, 15) is 9.59 Å². The van der Waals surface area contributed by atoms with Crippen molar-refractivity contribution in [3.8, 4) is 0 Å². The SMILES string of the molecule is CCOCC(C)NC(=O)Nc1ccc(C(=O)O)nc1. The summed E-state index contributed by atoms with van der Waals surface area (Å²) in [6, 6.07) is 2.29. The Labute approximate surface area is 111 Å². The molecule has 0 aliphatic carbocycles. The second-order valence-electron chi connectivity index (χ2n) is 3.90. The maximum absolute atomic E-state index is 11.6. The molecule has 0 spiro atoms. The lowest BCUT2D eigenvalue weighted by Gasteiger charge is -2.14. The molecule has 0 bridgehead atoms. The van der Waals surface area contributed by atoms with Gasteiger partial charge in [0.25, 0.3) is 0 Å². The predicted octanol–water partition coefficient (Wildman–Crippen LogP) is 1.33. The molecule has 0 saturated carbocycles. The van der Waals surface area contributed by atoms with Gasteiger partial charge in [-0.2, -0.15) is 0 Å². The molecule has 0 aliphatic rings. The molecule has 1 atom stereocenters. The van der Waals surface area contributed by atoms with E-state index in [1.54, 1.807) is 0 Å². The molecular formula is C12H17N3O4. The first-order valence-electron chi connectivity index (χ1n) is 5.87. The van der Waals surface area contributed by atoms with Crippen molar-refractivity contribution < 1.29 is 19.4 Å². The van der Waals surface area contributed by atoms with Crippen molar-refractivity contribution in [1.29, 1.82) is 0 Å². The summed E-state index contributed by atoms with van der Waals surface area (Å²) in [7, 11) is 0. The number of amides is 2. The lowest BCUT2D eigenvalue weighted by Crippen LogP contribution is -2.38. The summed E-state index contributed by atoms with van der Waals surface area (Å²) in [4.78, 5) is 25.9. The molecule has 1 unspecified atom stereocenters. The van der Waals surface area contributed by atoms with Gasteiger partial charge in [-0.25, -0.2) is 14.6 Å². The lowest BCUT2D eigenvalue weighted by atomic mass is 10.3. The van der Waals surface area contributed by atoms with Crippen molar-refractivity contribution in [3.63, 3.8) is 0 Å². The Morgan fingerprint density at radius 2 is 2.21 bits per heavy atom. The Morgan fingerprint density at radius 3 is 2.74 bits per heavy atom. The largest absolute Gasteiger partial charge is 0.477 e. The van der Waals surface area contributed by atoms with Crippen LogP contribution in [0.15, 0.2) is 18.3 Å². The van der Waals surface area contributed by atoms with E-state index in [1.165, 1.54) is 18.3 Å². The van der Waals surface area contributed by atoms with Gasteiger partial charge in [0, 0.05) is 6.61 Å². The summed E-state index contributed by atoms with van der Waals surface area (Å²) >= 11 is 0. The fraction of sp³-hybridized carbons (Fsp3) is 0.417. The molecule has 7 heteroatoms. The molecule has 1 aromatic rings. The van der Waals surface area contributed by atoms with Gasteiger partial charge in [-0.05, 0) is 26.0 Å². The molecule has 0 saturated heterocycles. The average Bonchev–Trinajstić information content (AvgIpc) is 2.36. The van der Waals surface area contributed by atoms with E-state index in [2.05, 4.69) is 15.6 Å². The van der Waals surface area contributed by atoms with Crippen molar-refractivity contribution in [3.05, 3.63) is 24.0 Å². The number of aromatic carboxylic acids is 1. The van der Waals surface area contributed by atoms with Gasteiger partial charge in [0.1, 0.15) is 5.69 Å². The highest BCUT2D eigenvalue weighted by Crippen LogP contribution is 2.06. The third-order valence-electron chi connectivity index (χ3n) is 2.19. The van der Waals surface area contributed by atoms with Gasteiger partial charge in [0.15, 0.2) is 0 Å². The van der Waals surface area contributed by atoms with Crippen LogP contribution < -0.4 is 10.6 Å². The minimum absolute atomic E-state index is 0.0735. The smallest absolute Gasteiger partial charge is 0.354 e. The maximum Gasteiger partial charge on any atom is 0.354 e. The maximum atomic E-state index is 11.6. The summed E-state index contributed by atoms with van der Waals surface area (Å²) in [5.41, 5.74) is 0.349. The van der Waals surface area contributed by atoms with Gasteiger partial charge < -0.3 is 20.5 Å². The number of nitrogens with zero attached hydrogens (tertiary/aromatic N) is 1. The Bertz CT molecular complexity index is 433. The summed E-state index contributed by atoms with van der Waals surface area (Å²) in [6.07, 6.45) is 1.29. The number of carbonyl (C=O) groups is 2. The quantitative estimate of drug-likeness (QED) is 0.721. The number of hydrogen-bond donors (Lipinski definition) is 3. The van der Waals surface area contributed by atoms with Crippen molar-refractivity contribution in [2.75, 3.05) is 18.5 Å². The fourth-order valence-corrected chi connectivity index (χ4v) is 1.32.